The van der Waals surface area contributed by atoms with E-state index in [2.05, 4.69) is 25.2 Å². The topological polar surface area (TPSA) is 82.9 Å². The van der Waals surface area contributed by atoms with E-state index in [0.29, 0.717) is 0 Å². The predicted octanol–water partition coefficient (Wildman–Crippen LogP) is 1.24. The van der Waals surface area contributed by atoms with E-state index in [9.17, 15) is 4.79 Å². The van der Waals surface area contributed by atoms with Crippen molar-refractivity contribution in [1.29, 1.82) is 0 Å². The standard InChI is InChI=1S/C17H27N7O/c1-4-15-19-16(21-20-15)12-22-7-6-8-23(10-9-22)17(25)14-11-18-24(5-2)13(14)3/h11H,4-10,12H2,1-3H3,(H,19,20,21). The van der Waals surface area contributed by atoms with Gasteiger partial charge in [-0.05, 0) is 20.3 Å². The van der Waals surface area contributed by atoms with Crippen molar-refractivity contribution in [2.75, 3.05) is 26.2 Å². The number of aryl methyl sites for hydroxylation is 2. The lowest BCUT2D eigenvalue weighted by atomic mass is 10.2. The molecular weight excluding hydrogens is 318 g/mol. The lowest BCUT2D eigenvalue weighted by Crippen LogP contribution is -2.35. The van der Waals surface area contributed by atoms with Crippen LogP contribution < -0.4 is 0 Å². The van der Waals surface area contributed by atoms with Crippen molar-refractivity contribution in [1.82, 2.24) is 34.8 Å². The minimum Gasteiger partial charge on any atom is -0.337 e. The van der Waals surface area contributed by atoms with Gasteiger partial charge in [-0.1, -0.05) is 6.92 Å². The Labute approximate surface area is 148 Å². The highest BCUT2D eigenvalue weighted by atomic mass is 16.2. The maximum absolute atomic E-state index is 12.8. The van der Waals surface area contributed by atoms with Crippen LogP contribution in [-0.2, 0) is 19.5 Å². The number of nitrogens with one attached hydrogen (secondary N) is 1. The lowest BCUT2D eigenvalue weighted by molar-refractivity contribution is 0.0760. The average Bonchev–Trinajstić information content (AvgIpc) is 3.15. The highest BCUT2D eigenvalue weighted by molar-refractivity contribution is 5.95. The zero-order chi connectivity index (χ0) is 17.8. The number of hydrogen-bond donors (Lipinski definition) is 1. The number of carbonyl (C=O) groups excluding carboxylic acids is 1. The molecular formula is C17H27N7O. The van der Waals surface area contributed by atoms with Crippen LogP contribution in [0, 0.1) is 6.92 Å². The first kappa shape index (κ1) is 17.6. The number of rotatable bonds is 5. The van der Waals surface area contributed by atoms with Crippen LogP contribution in [0.2, 0.25) is 0 Å². The average molecular weight is 345 g/mol. The third-order valence-electron chi connectivity index (χ3n) is 4.78. The summed E-state index contributed by atoms with van der Waals surface area (Å²) >= 11 is 0. The molecule has 1 saturated heterocycles. The number of hydrogen-bond acceptors (Lipinski definition) is 5. The van der Waals surface area contributed by atoms with Gasteiger partial charge in [0.2, 0.25) is 0 Å². The molecule has 1 aliphatic rings. The Morgan fingerprint density at radius 3 is 2.76 bits per heavy atom. The number of aromatic nitrogens is 5. The summed E-state index contributed by atoms with van der Waals surface area (Å²) in [6.07, 6.45) is 3.50. The molecule has 3 rings (SSSR count). The van der Waals surface area contributed by atoms with Crippen LogP contribution in [0.1, 0.15) is 48.0 Å². The molecule has 3 heterocycles. The van der Waals surface area contributed by atoms with Gasteiger partial charge in [0.25, 0.3) is 5.91 Å². The van der Waals surface area contributed by atoms with Crippen LogP contribution in [0.15, 0.2) is 6.20 Å². The fourth-order valence-corrected chi connectivity index (χ4v) is 3.25. The van der Waals surface area contributed by atoms with E-state index in [4.69, 9.17) is 0 Å². The highest BCUT2D eigenvalue weighted by Crippen LogP contribution is 2.14. The van der Waals surface area contributed by atoms with Crippen molar-refractivity contribution in [3.8, 4) is 0 Å². The summed E-state index contributed by atoms with van der Waals surface area (Å²) in [6, 6.07) is 0. The maximum Gasteiger partial charge on any atom is 0.257 e. The summed E-state index contributed by atoms with van der Waals surface area (Å²) in [5.41, 5.74) is 1.67. The summed E-state index contributed by atoms with van der Waals surface area (Å²) < 4.78 is 1.87. The summed E-state index contributed by atoms with van der Waals surface area (Å²) in [5.74, 6) is 1.84. The smallest absolute Gasteiger partial charge is 0.257 e. The molecule has 0 unspecified atom stereocenters. The van der Waals surface area contributed by atoms with E-state index in [-0.39, 0.29) is 5.91 Å². The Bertz CT molecular complexity index is 720. The van der Waals surface area contributed by atoms with Crippen molar-refractivity contribution in [3.63, 3.8) is 0 Å². The number of amides is 1. The van der Waals surface area contributed by atoms with Gasteiger partial charge in [-0.15, -0.1) is 0 Å². The van der Waals surface area contributed by atoms with Crippen molar-refractivity contribution < 1.29 is 4.79 Å². The predicted molar refractivity (Wildman–Crippen MR) is 94.2 cm³/mol. The fraction of sp³-hybridized carbons (Fsp3) is 0.647. The van der Waals surface area contributed by atoms with Crippen molar-refractivity contribution in [3.05, 3.63) is 29.1 Å². The molecule has 136 valence electrons. The maximum atomic E-state index is 12.8. The van der Waals surface area contributed by atoms with E-state index in [1.165, 1.54) is 0 Å². The second-order valence-corrected chi connectivity index (χ2v) is 6.43. The van der Waals surface area contributed by atoms with Gasteiger partial charge >= 0.3 is 0 Å². The molecule has 2 aromatic rings. The lowest BCUT2D eigenvalue weighted by Gasteiger charge is -2.21. The summed E-state index contributed by atoms with van der Waals surface area (Å²) in [5, 5.41) is 11.5. The first-order valence-corrected chi connectivity index (χ1v) is 9.06. The largest absolute Gasteiger partial charge is 0.337 e. The first-order chi connectivity index (χ1) is 12.1. The minimum atomic E-state index is 0.0898. The van der Waals surface area contributed by atoms with Crippen molar-refractivity contribution >= 4 is 5.91 Å². The monoisotopic (exact) mass is 345 g/mol. The van der Waals surface area contributed by atoms with Crippen molar-refractivity contribution in [2.24, 2.45) is 0 Å². The molecule has 0 spiro atoms. The zero-order valence-corrected chi connectivity index (χ0v) is 15.3. The summed E-state index contributed by atoms with van der Waals surface area (Å²) in [6.45, 7) is 10.9. The molecule has 0 bridgehead atoms. The molecule has 8 nitrogen and oxygen atoms in total. The molecule has 1 amide bonds. The van der Waals surface area contributed by atoms with Crippen LogP contribution in [0.5, 0.6) is 0 Å². The van der Waals surface area contributed by atoms with E-state index < -0.39 is 0 Å². The molecule has 1 aliphatic heterocycles. The van der Waals surface area contributed by atoms with Gasteiger partial charge in [0.05, 0.1) is 18.3 Å². The van der Waals surface area contributed by atoms with E-state index in [1.54, 1.807) is 6.20 Å². The molecule has 0 aliphatic carbocycles. The summed E-state index contributed by atoms with van der Waals surface area (Å²) in [7, 11) is 0. The van der Waals surface area contributed by atoms with E-state index in [1.807, 2.05) is 30.4 Å². The molecule has 0 radical (unpaired) electrons. The molecule has 1 fully saturated rings. The normalized spacial score (nSPS) is 16.2. The van der Waals surface area contributed by atoms with Gasteiger partial charge in [0.15, 0.2) is 0 Å². The first-order valence-electron chi connectivity index (χ1n) is 9.06. The molecule has 2 aromatic heterocycles. The Balaban J connectivity index is 1.60. The van der Waals surface area contributed by atoms with Gasteiger partial charge in [-0.3, -0.25) is 19.5 Å². The second-order valence-electron chi connectivity index (χ2n) is 6.43. The molecule has 25 heavy (non-hydrogen) atoms. The van der Waals surface area contributed by atoms with Crippen LogP contribution in [0.3, 0.4) is 0 Å². The SMILES string of the molecule is CCc1n[nH]c(CN2CCCN(C(=O)c3cnn(CC)c3C)CC2)n1. The fourth-order valence-electron chi connectivity index (χ4n) is 3.25. The molecule has 0 aromatic carbocycles. The van der Waals surface area contributed by atoms with Gasteiger partial charge in [-0.25, -0.2) is 4.98 Å². The minimum absolute atomic E-state index is 0.0898. The van der Waals surface area contributed by atoms with Gasteiger partial charge in [0, 0.05) is 44.8 Å². The third-order valence-corrected chi connectivity index (χ3v) is 4.78. The summed E-state index contributed by atoms with van der Waals surface area (Å²) in [4.78, 5) is 21.6. The van der Waals surface area contributed by atoms with Crippen LogP contribution in [0.4, 0.5) is 0 Å². The zero-order valence-electron chi connectivity index (χ0n) is 15.3. The Kier molecular flexibility index (Phi) is 5.47. The highest BCUT2D eigenvalue weighted by Gasteiger charge is 2.23. The molecule has 1 N–H and O–H groups in total. The number of H-pyrrole nitrogens is 1. The number of aromatic amines is 1. The number of carbonyl (C=O) groups is 1. The molecule has 0 atom stereocenters. The Hall–Kier alpha value is -2.22. The number of nitrogens with zero attached hydrogens (tertiary/aromatic N) is 6. The Morgan fingerprint density at radius 1 is 1.24 bits per heavy atom. The van der Waals surface area contributed by atoms with E-state index >= 15 is 0 Å². The Morgan fingerprint density at radius 2 is 2.08 bits per heavy atom. The third kappa shape index (κ3) is 3.89. The van der Waals surface area contributed by atoms with Gasteiger partial charge in [-0.2, -0.15) is 10.2 Å². The molecule has 8 heteroatoms. The van der Waals surface area contributed by atoms with Gasteiger partial charge < -0.3 is 4.90 Å². The van der Waals surface area contributed by atoms with Gasteiger partial charge in [0.1, 0.15) is 11.6 Å². The van der Waals surface area contributed by atoms with Crippen LogP contribution in [0.25, 0.3) is 0 Å². The van der Waals surface area contributed by atoms with E-state index in [0.717, 1.165) is 75.0 Å². The quantitative estimate of drug-likeness (QED) is 0.881. The van der Waals surface area contributed by atoms with Crippen LogP contribution >= 0.6 is 0 Å². The second kappa shape index (κ2) is 7.77. The van der Waals surface area contributed by atoms with Crippen LogP contribution in [-0.4, -0.2) is 66.8 Å². The van der Waals surface area contributed by atoms with Crippen molar-refractivity contribution in [2.45, 2.75) is 46.7 Å². The molecule has 0 saturated carbocycles.